The Labute approximate surface area is 117 Å². The number of hydrogen-bond acceptors (Lipinski definition) is 0. The Hall–Kier alpha value is 1.16. The van der Waals surface area contributed by atoms with Crippen molar-refractivity contribution >= 4 is 46.4 Å². The molecule has 0 radical (unpaired) electrons. The fourth-order valence-electron chi connectivity index (χ4n) is 5.16. The van der Waals surface area contributed by atoms with Crippen molar-refractivity contribution in [3.8, 4) is 0 Å². The zero-order valence-electron chi connectivity index (χ0n) is 9.12. The minimum Gasteiger partial charge on any atom is -0.126 e. The molecule has 0 heterocycles. The van der Waals surface area contributed by atoms with E-state index in [-0.39, 0.29) is 10.8 Å². The Morgan fingerprint density at radius 3 is 1.88 bits per heavy atom. The van der Waals surface area contributed by atoms with Gasteiger partial charge in [-0.1, -0.05) is 34.8 Å². The van der Waals surface area contributed by atoms with Crippen LogP contribution in [0.25, 0.3) is 0 Å². The first kappa shape index (κ1) is 12.2. The first-order chi connectivity index (χ1) is 7.38. The van der Waals surface area contributed by atoms with E-state index in [0.29, 0.717) is 6.42 Å². The van der Waals surface area contributed by atoms with E-state index in [2.05, 4.69) is 0 Å². The van der Waals surface area contributed by atoms with Crippen LogP contribution in [0.2, 0.25) is 0 Å². The summed E-state index contributed by atoms with van der Waals surface area (Å²) in [6.45, 7) is 0. The van der Waals surface area contributed by atoms with Gasteiger partial charge in [0.05, 0.1) is 0 Å². The maximum Gasteiger partial charge on any atom is 0.191 e. The summed E-state index contributed by atoms with van der Waals surface area (Å²) in [5.74, 6) is 2.44. The summed E-state index contributed by atoms with van der Waals surface area (Å²) in [7, 11) is 0. The van der Waals surface area contributed by atoms with Gasteiger partial charge in [-0.25, -0.2) is 0 Å². The fraction of sp³-hybridized carbons (Fsp3) is 1.00. The molecule has 16 heavy (non-hydrogen) atoms. The minimum atomic E-state index is -1.11. The van der Waals surface area contributed by atoms with Crippen molar-refractivity contribution < 1.29 is 0 Å². The minimum absolute atomic E-state index is 0.230. The highest BCUT2D eigenvalue weighted by atomic mass is 35.6. The summed E-state index contributed by atoms with van der Waals surface area (Å²) >= 11 is 24.4. The summed E-state index contributed by atoms with van der Waals surface area (Å²) in [6.07, 6.45) is 7.11. The highest BCUT2D eigenvalue weighted by Crippen LogP contribution is 2.75. The van der Waals surface area contributed by atoms with Gasteiger partial charge >= 0.3 is 0 Å². The molecule has 0 saturated heterocycles. The van der Waals surface area contributed by atoms with Gasteiger partial charge in [0.15, 0.2) is 3.79 Å². The molecule has 0 amide bonds. The maximum absolute atomic E-state index is 6.27. The molecule has 0 nitrogen and oxygen atoms in total. The van der Waals surface area contributed by atoms with Gasteiger partial charge in [-0.05, 0) is 54.8 Å². The Morgan fingerprint density at radius 1 is 0.938 bits per heavy atom. The van der Waals surface area contributed by atoms with Crippen molar-refractivity contribution in [1.82, 2.24) is 0 Å². The highest BCUT2D eigenvalue weighted by molar-refractivity contribution is 6.67. The molecule has 2 atom stereocenters. The van der Waals surface area contributed by atoms with Gasteiger partial charge in [0.25, 0.3) is 0 Å². The average Bonchev–Trinajstić information content (AvgIpc) is 2.43. The third-order valence-corrected chi connectivity index (χ3v) is 6.22. The van der Waals surface area contributed by atoms with Crippen LogP contribution in [0.5, 0.6) is 0 Å². The van der Waals surface area contributed by atoms with Crippen LogP contribution in [0.3, 0.4) is 0 Å². The first-order valence-corrected chi connectivity index (χ1v) is 7.68. The molecule has 92 valence electrons. The number of rotatable bonds is 2. The van der Waals surface area contributed by atoms with Gasteiger partial charge < -0.3 is 0 Å². The maximum atomic E-state index is 6.27. The third kappa shape index (κ3) is 1.63. The van der Waals surface area contributed by atoms with Crippen molar-refractivity contribution in [2.45, 2.75) is 42.3 Å². The van der Waals surface area contributed by atoms with Crippen LogP contribution in [0.1, 0.15) is 38.5 Å². The Balaban J connectivity index is 1.94. The molecule has 4 aliphatic rings. The normalized spacial score (nSPS) is 50.2. The lowest BCUT2D eigenvalue weighted by atomic mass is 9.67. The zero-order valence-corrected chi connectivity index (χ0v) is 12.1. The largest absolute Gasteiger partial charge is 0.191 e. The topological polar surface area (TPSA) is 0 Å². The summed E-state index contributed by atoms with van der Waals surface area (Å²) in [4.78, 5) is 0. The summed E-state index contributed by atoms with van der Waals surface area (Å²) in [6, 6.07) is 0. The summed E-state index contributed by atoms with van der Waals surface area (Å²) < 4.78 is -1.11. The number of hydrogen-bond donors (Lipinski definition) is 0. The SMILES string of the molecule is ClCC12C[C@H]3C[C@H](C1)CC2(CC(Cl)(Cl)Cl)C3. The van der Waals surface area contributed by atoms with Gasteiger partial charge in [0.2, 0.25) is 0 Å². The molecule has 0 aromatic heterocycles. The van der Waals surface area contributed by atoms with E-state index in [4.69, 9.17) is 46.4 Å². The van der Waals surface area contributed by atoms with Crippen LogP contribution in [0, 0.1) is 22.7 Å². The van der Waals surface area contributed by atoms with E-state index < -0.39 is 3.79 Å². The van der Waals surface area contributed by atoms with Crippen LogP contribution < -0.4 is 0 Å². The van der Waals surface area contributed by atoms with E-state index in [1.54, 1.807) is 0 Å². The molecule has 0 spiro atoms. The van der Waals surface area contributed by atoms with Gasteiger partial charge in [-0.15, -0.1) is 11.6 Å². The smallest absolute Gasteiger partial charge is 0.126 e. The fourth-order valence-corrected chi connectivity index (χ4v) is 6.43. The highest BCUT2D eigenvalue weighted by Gasteiger charge is 2.67. The lowest BCUT2D eigenvalue weighted by molar-refractivity contribution is 0.124. The van der Waals surface area contributed by atoms with E-state index in [1.807, 2.05) is 0 Å². The predicted octanol–water partition coefficient (Wildman–Crippen LogP) is 5.18. The third-order valence-electron chi connectivity index (χ3n) is 5.30. The van der Waals surface area contributed by atoms with E-state index in [9.17, 15) is 0 Å². The zero-order chi connectivity index (χ0) is 11.6. The second-order valence-electron chi connectivity index (χ2n) is 6.27. The summed E-state index contributed by atoms with van der Waals surface area (Å²) in [5, 5.41) is 0. The van der Waals surface area contributed by atoms with E-state index >= 15 is 0 Å². The lowest BCUT2D eigenvalue weighted by Crippen LogP contribution is -2.37. The van der Waals surface area contributed by atoms with Crippen molar-refractivity contribution in [3.05, 3.63) is 0 Å². The summed E-state index contributed by atoms with van der Waals surface area (Å²) in [5.41, 5.74) is 0.514. The van der Waals surface area contributed by atoms with E-state index in [0.717, 1.165) is 17.7 Å². The molecule has 0 aromatic carbocycles. The average molecular weight is 302 g/mol. The molecule has 4 saturated carbocycles. The van der Waals surface area contributed by atoms with Crippen LogP contribution in [-0.2, 0) is 0 Å². The van der Waals surface area contributed by atoms with Gasteiger partial charge in [-0.2, -0.15) is 0 Å². The molecule has 0 aromatic rings. The molecule has 0 unspecified atom stereocenters. The lowest BCUT2D eigenvalue weighted by Gasteiger charge is -2.41. The quantitative estimate of drug-likeness (QED) is 0.616. The van der Waals surface area contributed by atoms with Crippen molar-refractivity contribution in [1.29, 1.82) is 0 Å². The molecule has 0 aliphatic heterocycles. The molecule has 0 N–H and O–H groups in total. The van der Waals surface area contributed by atoms with Crippen LogP contribution in [0.4, 0.5) is 0 Å². The van der Waals surface area contributed by atoms with Crippen LogP contribution in [0.15, 0.2) is 0 Å². The molecule has 4 fully saturated rings. The predicted molar refractivity (Wildman–Crippen MR) is 70.6 cm³/mol. The Bertz CT molecular complexity index is 293. The van der Waals surface area contributed by atoms with Crippen LogP contribution in [-0.4, -0.2) is 9.67 Å². The monoisotopic (exact) mass is 300 g/mol. The van der Waals surface area contributed by atoms with Gasteiger partial charge in [-0.3, -0.25) is 0 Å². The molecular formula is C12H16Cl4. The van der Waals surface area contributed by atoms with E-state index in [1.165, 1.54) is 32.1 Å². The molecule has 4 heteroatoms. The molecule has 4 aliphatic carbocycles. The van der Waals surface area contributed by atoms with Gasteiger partial charge in [0, 0.05) is 12.3 Å². The number of halogens is 4. The van der Waals surface area contributed by atoms with Gasteiger partial charge in [0.1, 0.15) is 0 Å². The molecule has 4 rings (SSSR count). The second kappa shape index (κ2) is 3.59. The van der Waals surface area contributed by atoms with Crippen molar-refractivity contribution in [2.75, 3.05) is 5.88 Å². The number of alkyl halides is 4. The molecule has 4 bridgehead atoms. The standard InChI is InChI=1S/C12H16Cl4/c13-7-11-4-8-1-9(5-11)3-10(11,2-8)6-12(14,15)16/h8-9H,1-7H2/t8-,9-,10?,11?/m0/s1. The second-order valence-corrected chi connectivity index (χ2v) is 9.05. The van der Waals surface area contributed by atoms with Crippen molar-refractivity contribution in [3.63, 3.8) is 0 Å². The Morgan fingerprint density at radius 2 is 1.44 bits per heavy atom. The van der Waals surface area contributed by atoms with Crippen LogP contribution >= 0.6 is 46.4 Å². The first-order valence-electron chi connectivity index (χ1n) is 6.01. The van der Waals surface area contributed by atoms with Crippen molar-refractivity contribution in [2.24, 2.45) is 22.7 Å². The Kier molecular flexibility index (Phi) is 2.74. The molecular weight excluding hydrogens is 286 g/mol.